The monoisotopic (exact) mass is 167 g/mol. The Kier molecular flexibility index (Phi) is 3.41. The first-order chi connectivity index (χ1) is 5.86. The lowest BCUT2D eigenvalue weighted by Gasteiger charge is -2.13. The Balaban J connectivity index is 2.54. The molecule has 0 aliphatic carbocycles. The average Bonchev–Trinajstić information content (AvgIpc) is 2.15. The van der Waals surface area contributed by atoms with E-state index >= 15 is 0 Å². The molecule has 0 aromatic rings. The summed E-state index contributed by atoms with van der Waals surface area (Å²) < 4.78 is 4.98. The van der Waals surface area contributed by atoms with E-state index in [-0.39, 0.29) is 6.61 Å². The number of methoxy groups -OCH3 is 1. The summed E-state index contributed by atoms with van der Waals surface area (Å²) in [6, 6.07) is 0. The molecule has 12 heavy (non-hydrogen) atoms. The summed E-state index contributed by atoms with van der Waals surface area (Å²) in [4.78, 5) is 0. The van der Waals surface area contributed by atoms with E-state index in [1.807, 2.05) is 18.2 Å². The summed E-state index contributed by atoms with van der Waals surface area (Å²) >= 11 is 0. The van der Waals surface area contributed by atoms with Gasteiger partial charge < -0.3 is 15.2 Å². The van der Waals surface area contributed by atoms with Crippen LogP contribution >= 0.6 is 0 Å². The lowest BCUT2D eigenvalue weighted by atomic mass is 10.2. The van der Waals surface area contributed by atoms with Gasteiger partial charge in [0.1, 0.15) is 0 Å². The smallest absolute Gasteiger partial charge is 0.186 e. The lowest BCUT2D eigenvalue weighted by molar-refractivity contribution is 0.263. The second-order valence-corrected chi connectivity index (χ2v) is 2.42. The minimum atomic E-state index is 0.0815. The second-order valence-electron chi connectivity index (χ2n) is 2.42. The van der Waals surface area contributed by atoms with E-state index in [9.17, 15) is 0 Å². The largest absolute Gasteiger partial charge is 0.483 e. The van der Waals surface area contributed by atoms with Gasteiger partial charge in [0.15, 0.2) is 5.88 Å². The van der Waals surface area contributed by atoms with Crippen molar-refractivity contribution in [2.75, 3.05) is 20.3 Å². The predicted octanol–water partition coefficient (Wildman–Crippen LogP) is 0.552. The Morgan fingerprint density at radius 2 is 2.50 bits per heavy atom. The van der Waals surface area contributed by atoms with Crippen molar-refractivity contribution < 1.29 is 9.84 Å². The number of aliphatic hydroxyl groups is 1. The van der Waals surface area contributed by atoms with Gasteiger partial charge in [-0.3, -0.25) is 0 Å². The number of dihydropyridines is 1. The number of hydrogen-bond donors (Lipinski definition) is 2. The lowest BCUT2D eigenvalue weighted by Crippen LogP contribution is -2.19. The van der Waals surface area contributed by atoms with Crippen molar-refractivity contribution in [3.8, 4) is 0 Å². The van der Waals surface area contributed by atoms with Crippen LogP contribution in [0.15, 0.2) is 35.8 Å². The van der Waals surface area contributed by atoms with Crippen molar-refractivity contribution >= 4 is 0 Å². The number of rotatable bonds is 3. The maximum atomic E-state index is 8.52. The Morgan fingerprint density at radius 3 is 3.00 bits per heavy atom. The number of ether oxygens (including phenoxy) is 1. The maximum Gasteiger partial charge on any atom is 0.186 e. The van der Waals surface area contributed by atoms with E-state index in [0.717, 1.165) is 18.0 Å². The highest BCUT2D eigenvalue weighted by molar-refractivity contribution is 5.29. The quantitative estimate of drug-likeness (QED) is 0.645. The van der Waals surface area contributed by atoms with Crippen LogP contribution in [0.25, 0.3) is 0 Å². The number of hydrogen-bond acceptors (Lipinski definition) is 3. The normalized spacial score (nSPS) is 16.8. The third kappa shape index (κ3) is 2.43. The van der Waals surface area contributed by atoms with E-state index < -0.39 is 0 Å². The van der Waals surface area contributed by atoms with Gasteiger partial charge in [-0.2, -0.15) is 0 Å². The fraction of sp³-hybridized carbons (Fsp3) is 0.333. The highest BCUT2D eigenvalue weighted by atomic mass is 16.5. The second kappa shape index (κ2) is 4.62. The van der Waals surface area contributed by atoms with Crippen molar-refractivity contribution in [1.82, 2.24) is 5.32 Å². The molecule has 0 fully saturated rings. The zero-order valence-electron chi connectivity index (χ0n) is 7.08. The Hall–Kier alpha value is -1.22. The first-order valence-corrected chi connectivity index (χ1v) is 3.83. The molecule has 1 rings (SSSR count). The van der Waals surface area contributed by atoms with Gasteiger partial charge in [-0.1, -0.05) is 18.2 Å². The molecule has 0 amide bonds. The first kappa shape index (κ1) is 8.87. The molecule has 2 N–H and O–H groups in total. The van der Waals surface area contributed by atoms with Crippen LogP contribution in [-0.4, -0.2) is 25.4 Å². The van der Waals surface area contributed by atoms with Crippen molar-refractivity contribution in [3.63, 3.8) is 0 Å². The van der Waals surface area contributed by atoms with E-state index in [1.165, 1.54) is 0 Å². The van der Waals surface area contributed by atoms with E-state index in [4.69, 9.17) is 9.84 Å². The van der Waals surface area contributed by atoms with Gasteiger partial charge in [0.2, 0.25) is 0 Å². The predicted molar refractivity (Wildman–Crippen MR) is 47.4 cm³/mol. The molecule has 66 valence electrons. The number of nitrogens with one attached hydrogen (secondary N) is 1. The molecular formula is C9H13NO2. The van der Waals surface area contributed by atoms with E-state index in [0.29, 0.717) is 0 Å². The SMILES string of the molecule is COC1=CC=C(/C=C/CO)CN1. The first-order valence-electron chi connectivity index (χ1n) is 3.83. The van der Waals surface area contributed by atoms with Crippen molar-refractivity contribution in [3.05, 3.63) is 35.8 Å². The zero-order chi connectivity index (χ0) is 8.81. The topological polar surface area (TPSA) is 41.5 Å². The summed E-state index contributed by atoms with van der Waals surface area (Å²) in [5.74, 6) is 0.774. The zero-order valence-corrected chi connectivity index (χ0v) is 7.08. The molecule has 0 aromatic heterocycles. The Morgan fingerprint density at radius 1 is 1.67 bits per heavy atom. The van der Waals surface area contributed by atoms with Crippen LogP contribution in [-0.2, 0) is 4.74 Å². The highest BCUT2D eigenvalue weighted by Crippen LogP contribution is 2.05. The molecule has 0 saturated heterocycles. The van der Waals surface area contributed by atoms with E-state index in [2.05, 4.69) is 5.32 Å². The number of allylic oxidation sites excluding steroid dienone is 2. The minimum Gasteiger partial charge on any atom is -0.483 e. The van der Waals surface area contributed by atoms with E-state index in [1.54, 1.807) is 13.2 Å². The van der Waals surface area contributed by atoms with Crippen LogP contribution < -0.4 is 5.32 Å². The highest BCUT2D eigenvalue weighted by Gasteiger charge is 2.00. The van der Waals surface area contributed by atoms with Gasteiger partial charge >= 0.3 is 0 Å². The molecule has 1 heterocycles. The summed E-state index contributed by atoms with van der Waals surface area (Å²) in [6.07, 6.45) is 7.41. The summed E-state index contributed by atoms with van der Waals surface area (Å²) in [5, 5.41) is 11.6. The van der Waals surface area contributed by atoms with Gasteiger partial charge in [0.05, 0.1) is 13.7 Å². The molecule has 0 unspecified atom stereocenters. The Bertz CT molecular complexity index is 229. The summed E-state index contributed by atoms with van der Waals surface area (Å²) in [7, 11) is 1.63. The van der Waals surface area contributed by atoms with Crippen LogP contribution in [0.2, 0.25) is 0 Å². The third-order valence-electron chi connectivity index (χ3n) is 1.57. The van der Waals surface area contributed by atoms with Gasteiger partial charge in [0, 0.05) is 6.54 Å². The third-order valence-corrected chi connectivity index (χ3v) is 1.57. The molecule has 0 bridgehead atoms. The van der Waals surface area contributed by atoms with Gasteiger partial charge in [-0.15, -0.1) is 0 Å². The fourth-order valence-electron chi connectivity index (χ4n) is 0.949. The molecule has 0 saturated carbocycles. The van der Waals surface area contributed by atoms with Gasteiger partial charge in [-0.25, -0.2) is 0 Å². The minimum absolute atomic E-state index is 0.0815. The molecular weight excluding hydrogens is 154 g/mol. The molecule has 3 heteroatoms. The van der Waals surface area contributed by atoms with Crippen LogP contribution in [0, 0.1) is 0 Å². The van der Waals surface area contributed by atoms with Crippen molar-refractivity contribution in [2.24, 2.45) is 0 Å². The molecule has 1 aliphatic heterocycles. The van der Waals surface area contributed by atoms with Crippen LogP contribution in [0.3, 0.4) is 0 Å². The Labute approximate surface area is 72.0 Å². The van der Waals surface area contributed by atoms with Crippen molar-refractivity contribution in [1.29, 1.82) is 0 Å². The molecule has 0 aromatic carbocycles. The average molecular weight is 167 g/mol. The molecule has 1 aliphatic rings. The number of aliphatic hydroxyl groups excluding tert-OH is 1. The fourth-order valence-corrected chi connectivity index (χ4v) is 0.949. The van der Waals surface area contributed by atoms with Crippen LogP contribution in [0.5, 0.6) is 0 Å². The molecule has 0 radical (unpaired) electrons. The van der Waals surface area contributed by atoms with Crippen LogP contribution in [0.4, 0.5) is 0 Å². The molecule has 0 spiro atoms. The van der Waals surface area contributed by atoms with Crippen LogP contribution in [0.1, 0.15) is 0 Å². The van der Waals surface area contributed by atoms with Gasteiger partial charge in [-0.05, 0) is 11.6 Å². The molecule has 0 atom stereocenters. The summed E-state index contributed by atoms with van der Waals surface area (Å²) in [5.41, 5.74) is 1.13. The van der Waals surface area contributed by atoms with Gasteiger partial charge in [0.25, 0.3) is 0 Å². The molecule has 3 nitrogen and oxygen atoms in total. The maximum absolute atomic E-state index is 8.52. The summed E-state index contributed by atoms with van der Waals surface area (Å²) in [6.45, 7) is 0.828. The van der Waals surface area contributed by atoms with Crippen molar-refractivity contribution in [2.45, 2.75) is 0 Å². The standard InChI is InChI=1S/C9H13NO2/c1-12-9-5-4-8(7-10-9)3-2-6-11/h2-5,10-11H,6-7H2,1H3/b3-2+.